The van der Waals surface area contributed by atoms with E-state index in [0.29, 0.717) is 0 Å². The third-order valence-corrected chi connectivity index (χ3v) is 4.06. The molecule has 0 aromatic heterocycles. The molecule has 19 heavy (non-hydrogen) atoms. The van der Waals surface area contributed by atoms with Gasteiger partial charge in [0.1, 0.15) is 0 Å². The van der Waals surface area contributed by atoms with E-state index < -0.39 is 8.32 Å². The molecule has 1 aliphatic heterocycles. The summed E-state index contributed by atoms with van der Waals surface area (Å²) in [6, 6.07) is 0.527. The fourth-order valence-electron chi connectivity index (χ4n) is 2.59. The van der Waals surface area contributed by atoms with Gasteiger partial charge >= 0.3 is 0 Å². The van der Waals surface area contributed by atoms with Crippen LogP contribution in [0.1, 0.15) is 0 Å². The second-order valence-electron chi connectivity index (χ2n) is 6.06. The Balaban J connectivity index is 1.97. The van der Waals surface area contributed by atoms with E-state index in [1.807, 2.05) is 6.08 Å². The molecule has 3 atom stereocenters. The van der Waals surface area contributed by atoms with Crippen molar-refractivity contribution >= 4 is 14.0 Å². The van der Waals surface area contributed by atoms with Crippen LogP contribution in [0.2, 0.25) is 19.6 Å². The van der Waals surface area contributed by atoms with Crippen LogP contribution < -0.4 is 0 Å². The number of hydrogen-bond donors (Lipinski definition) is 0. The van der Waals surface area contributed by atoms with Gasteiger partial charge in [-0.1, -0.05) is 42.5 Å². The first kappa shape index (κ1) is 12.8. The number of nitrogens with zero attached hydrogens (tertiary/aromatic N) is 2. The van der Waals surface area contributed by atoms with Gasteiger partial charge in [-0.15, -0.1) is 0 Å². The number of hydrogen-bond acceptors (Lipinski definition) is 3. The molecule has 3 aliphatic rings. The average Bonchev–Trinajstić information content (AvgIpc) is 2.37. The van der Waals surface area contributed by atoms with Gasteiger partial charge in [0.15, 0.2) is 0 Å². The molecule has 0 bridgehead atoms. The van der Waals surface area contributed by atoms with Crippen LogP contribution in [0, 0.1) is 0 Å². The molecular formula is C15H20N2OSi. The van der Waals surface area contributed by atoms with Crippen molar-refractivity contribution in [2.75, 3.05) is 0 Å². The fourth-order valence-corrected chi connectivity index (χ4v) is 3.45. The number of aliphatic imine (C=N–C) groups is 1. The second kappa shape index (κ2) is 4.70. The van der Waals surface area contributed by atoms with Gasteiger partial charge in [0.2, 0.25) is 8.32 Å². The van der Waals surface area contributed by atoms with Crippen LogP contribution in [0.25, 0.3) is 0 Å². The van der Waals surface area contributed by atoms with Gasteiger partial charge in [0, 0.05) is 0 Å². The molecule has 0 saturated heterocycles. The lowest BCUT2D eigenvalue weighted by Gasteiger charge is -2.44. The van der Waals surface area contributed by atoms with E-state index in [4.69, 9.17) is 9.52 Å². The Morgan fingerprint density at radius 1 is 1.05 bits per heavy atom. The van der Waals surface area contributed by atoms with Crippen molar-refractivity contribution < 1.29 is 4.53 Å². The summed E-state index contributed by atoms with van der Waals surface area (Å²) >= 11 is 0. The zero-order valence-electron chi connectivity index (χ0n) is 11.7. The zero-order valence-corrected chi connectivity index (χ0v) is 12.7. The monoisotopic (exact) mass is 272 g/mol. The van der Waals surface area contributed by atoms with Gasteiger partial charge in [-0.25, -0.2) is 0 Å². The summed E-state index contributed by atoms with van der Waals surface area (Å²) < 4.78 is 6.34. The molecule has 0 aromatic carbocycles. The topological polar surface area (TPSA) is 24.8 Å². The summed E-state index contributed by atoms with van der Waals surface area (Å²) in [7, 11) is -1.64. The first-order chi connectivity index (χ1) is 9.04. The molecule has 0 saturated carbocycles. The highest BCUT2D eigenvalue weighted by Gasteiger charge is 2.39. The molecular weight excluding hydrogens is 252 g/mol. The Labute approximate surface area is 115 Å². The Morgan fingerprint density at radius 3 is 2.58 bits per heavy atom. The van der Waals surface area contributed by atoms with Gasteiger partial charge < -0.3 is 4.53 Å². The maximum absolute atomic E-state index is 6.34. The van der Waals surface area contributed by atoms with Crippen LogP contribution in [-0.2, 0) is 4.53 Å². The minimum absolute atomic E-state index is 0.147. The van der Waals surface area contributed by atoms with Gasteiger partial charge in [-0.05, 0) is 25.7 Å². The Bertz CT molecular complexity index is 511. The summed E-state index contributed by atoms with van der Waals surface area (Å²) in [5, 5.41) is 2.15. The minimum atomic E-state index is -1.64. The lowest BCUT2D eigenvalue weighted by molar-refractivity contribution is -0.103. The maximum Gasteiger partial charge on any atom is 0.212 e. The number of rotatable bonds is 2. The maximum atomic E-state index is 6.34. The van der Waals surface area contributed by atoms with Crippen LogP contribution in [0.15, 0.2) is 53.6 Å². The first-order valence-corrected chi connectivity index (χ1v) is 10.2. The lowest BCUT2D eigenvalue weighted by atomic mass is 9.95. The normalized spacial score (nSPS) is 33.0. The average molecular weight is 272 g/mol. The number of fused-ring (bicyclic) bond motifs is 2. The van der Waals surface area contributed by atoms with Crippen molar-refractivity contribution in [3.8, 4) is 0 Å². The Kier molecular flexibility index (Phi) is 3.16. The third kappa shape index (κ3) is 2.56. The van der Waals surface area contributed by atoms with E-state index in [9.17, 15) is 0 Å². The first-order valence-electron chi connectivity index (χ1n) is 6.80. The molecule has 2 aliphatic carbocycles. The quantitative estimate of drug-likeness (QED) is 0.722. The van der Waals surface area contributed by atoms with E-state index in [1.165, 1.54) is 0 Å². The predicted octanol–water partition coefficient (Wildman–Crippen LogP) is 2.87. The van der Waals surface area contributed by atoms with Crippen LogP contribution >= 0.6 is 0 Å². The molecule has 3 rings (SSSR count). The largest absolute Gasteiger partial charge is 0.342 e. The third-order valence-electron chi connectivity index (χ3n) is 3.30. The highest BCUT2D eigenvalue weighted by Crippen LogP contribution is 2.28. The van der Waals surface area contributed by atoms with Gasteiger partial charge in [-0.3, -0.25) is 4.99 Å². The lowest BCUT2D eigenvalue weighted by Crippen LogP contribution is -2.57. The molecule has 0 aromatic rings. The molecule has 4 heteroatoms. The molecule has 1 heterocycles. The van der Waals surface area contributed by atoms with E-state index >= 15 is 0 Å². The molecule has 0 N–H and O–H groups in total. The molecule has 3 nitrogen and oxygen atoms in total. The highest BCUT2D eigenvalue weighted by molar-refractivity contribution is 6.69. The Morgan fingerprint density at radius 2 is 1.79 bits per heavy atom. The van der Waals surface area contributed by atoms with E-state index in [1.54, 1.807) is 0 Å². The molecule has 100 valence electrons. The van der Waals surface area contributed by atoms with Crippen molar-refractivity contribution in [2.45, 2.75) is 37.8 Å². The van der Waals surface area contributed by atoms with E-state index in [-0.39, 0.29) is 18.1 Å². The Hall–Kier alpha value is -1.23. The molecule has 0 fully saturated rings. The number of hydroxylamine groups is 2. The fraction of sp³-hybridized carbons (Fsp3) is 0.400. The summed E-state index contributed by atoms with van der Waals surface area (Å²) in [4.78, 5) is 4.84. The van der Waals surface area contributed by atoms with Crippen molar-refractivity contribution in [2.24, 2.45) is 4.99 Å². The number of allylic oxidation sites excluding steroid dienone is 4. The predicted molar refractivity (Wildman–Crippen MR) is 81.6 cm³/mol. The standard InChI is InChI=1S/C15H20N2OSi/c1-19(2,3)18-17-14-10-6-4-8-12(14)16-13-9-5-7-11-15(13)17/h4-12,14-15H,1-3H3. The van der Waals surface area contributed by atoms with Gasteiger partial charge in [0.05, 0.1) is 23.8 Å². The van der Waals surface area contributed by atoms with Crippen LogP contribution in [0.3, 0.4) is 0 Å². The summed E-state index contributed by atoms with van der Waals surface area (Å²) in [6.45, 7) is 6.66. The highest BCUT2D eigenvalue weighted by atomic mass is 28.4. The van der Waals surface area contributed by atoms with Crippen molar-refractivity contribution in [3.63, 3.8) is 0 Å². The SMILES string of the molecule is C[Si](C)(C)ON1C2C=CC=CC2=NC2C=CC=CC21. The van der Waals surface area contributed by atoms with E-state index in [0.717, 1.165) is 5.71 Å². The second-order valence-corrected chi connectivity index (χ2v) is 10.5. The summed E-state index contributed by atoms with van der Waals surface area (Å²) in [5.74, 6) is 0. The molecule has 0 spiro atoms. The van der Waals surface area contributed by atoms with Gasteiger partial charge in [0.25, 0.3) is 0 Å². The molecule has 3 unspecified atom stereocenters. The smallest absolute Gasteiger partial charge is 0.212 e. The van der Waals surface area contributed by atoms with Gasteiger partial charge in [-0.2, -0.15) is 5.06 Å². The summed E-state index contributed by atoms with van der Waals surface area (Å²) in [6.07, 6.45) is 16.9. The minimum Gasteiger partial charge on any atom is -0.342 e. The van der Waals surface area contributed by atoms with Crippen LogP contribution in [0.4, 0.5) is 0 Å². The molecule has 0 radical (unpaired) electrons. The van der Waals surface area contributed by atoms with Crippen LogP contribution in [-0.4, -0.2) is 37.2 Å². The van der Waals surface area contributed by atoms with Crippen LogP contribution in [0.5, 0.6) is 0 Å². The summed E-state index contributed by atoms with van der Waals surface area (Å²) in [5.41, 5.74) is 1.10. The van der Waals surface area contributed by atoms with Crippen molar-refractivity contribution in [1.29, 1.82) is 0 Å². The van der Waals surface area contributed by atoms with Crippen molar-refractivity contribution in [1.82, 2.24) is 5.06 Å². The molecule has 0 amide bonds. The van der Waals surface area contributed by atoms with E-state index in [2.05, 4.69) is 67.2 Å². The van der Waals surface area contributed by atoms with Crippen molar-refractivity contribution in [3.05, 3.63) is 48.6 Å². The zero-order chi connectivity index (χ0) is 13.5.